The fourth-order valence-electron chi connectivity index (χ4n) is 2.17. The lowest BCUT2D eigenvalue weighted by Gasteiger charge is -2.14. The van der Waals surface area contributed by atoms with E-state index >= 15 is 0 Å². The van der Waals surface area contributed by atoms with Crippen LogP contribution in [-0.4, -0.2) is 16.8 Å². The Hall–Kier alpha value is -2.69. The molecule has 0 aliphatic heterocycles. The van der Waals surface area contributed by atoms with Gasteiger partial charge in [0.15, 0.2) is 0 Å². The average Bonchev–Trinajstić information content (AvgIpc) is 2.56. The predicted octanol–water partition coefficient (Wildman–Crippen LogP) is 2.77. The van der Waals surface area contributed by atoms with Gasteiger partial charge in [0.05, 0.1) is 6.04 Å². The van der Waals surface area contributed by atoms with Crippen molar-refractivity contribution in [2.45, 2.75) is 33.2 Å². The molecule has 0 bridgehead atoms. The molecule has 1 aromatic carbocycles. The number of amides is 2. The number of benzene rings is 1. The van der Waals surface area contributed by atoms with E-state index in [-0.39, 0.29) is 6.04 Å². The van der Waals surface area contributed by atoms with E-state index in [0.29, 0.717) is 5.82 Å². The van der Waals surface area contributed by atoms with Gasteiger partial charge in [-0.15, -0.1) is 0 Å². The van der Waals surface area contributed by atoms with Crippen molar-refractivity contribution in [3.05, 3.63) is 59.3 Å². The summed E-state index contributed by atoms with van der Waals surface area (Å²) in [5.74, 6) is -1.00. The van der Waals surface area contributed by atoms with Gasteiger partial charge in [-0.1, -0.05) is 37.3 Å². The van der Waals surface area contributed by atoms with Crippen molar-refractivity contribution in [1.29, 1.82) is 0 Å². The lowest BCUT2D eigenvalue weighted by Crippen LogP contribution is -2.37. The van der Waals surface area contributed by atoms with Crippen molar-refractivity contribution in [1.82, 2.24) is 10.3 Å². The third-order valence-corrected chi connectivity index (χ3v) is 3.68. The normalized spacial score (nSPS) is 11.6. The molecule has 1 atom stereocenters. The SMILES string of the molecule is CCc1ccc(C(C)NC(=O)C(=O)Nc2ncccc2C)cc1. The summed E-state index contributed by atoms with van der Waals surface area (Å²) < 4.78 is 0. The fraction of sp³-hybridized carbons (Fsp3) is 0.278. The monoisotopic (exact) mass is 311 g/mol. The van der Waals surface area contributed by atoms with Gasteiger partial charge in [-0.3, -0.25) is 9.59 Å². The highest BCUT2D eigenvalue weighted by molar-refractivity contribution is 6.39. The van der Waals surface area contributed by atoms with Crippen LogP contribution in [0.4, 0.5) is 5.82 Å². The van der Waals surface area contributed by atoms with E-state index in [0.717, 1.165) is 17.5 Å². The number of carbonyl (C=O) groups is 2. The number of hydrogen-bond acceptors (Lipinski definition) is 3. The molecule has 5 nitrogen and oxygen atoms in total. The molecule has 0 saturated heterocycles. The van der Waals surface area contributed by atoms with E-state index in [1.807, 2.05) is 44.2 Å². The predicted molar refractivity (Wildman–Crippen MR) is 90.0 cm³/mol. The van der Waals surface area contributed by atoms with Gasteiger partial charge in [0.2, 0.25) is 0 Å². The maximum absolute atomic E-state index is 12.0. The Morgan fingerprint density at radius 3 is 2.43 bits per heavy atom. The van der Waals surface area contributed by atoms with E-state index in [1.165, 1.54) is 5.56 Å². The van der Waals surface area contributed by atoms with Gasteiger partial charge in [0.25, 0.3) is 0 Å². The van der Waals surface area contributed by atoms with Crippen molar-refractivity contribution >= 4 is 17.6 Å². The Labute approximate surface area is 136 Å². The van der Waals surface area contributed by atoms with Gasteiger partial charge in [-0.05, 0) is 43.0 Å². The lowest BCUT2D eigenvalue weighted by atomic mass is 10.1. The van der Waals surface area contributed by atoms with E-state index < -0.39 is 11.8 Å². The maximum atomic E-state index is 12.0. The lowest BCUT2D eigenvalue weighted by molar-refractivity contribution is -0.136. The Morgan fingerprint density at radius 1 is 1.13 bits per heavy atom. The molecule has 0 radical (unpaired) electrons. The van der Waals surface area contributed by atoms with Crippen LogP contribution >= 0.6 is 0 Å². The molecule has 2 N–H and O–H groups in total. The molecule has 120 valence electrons. The minimum atomic E-state index is -0.719. The Kier molecular flexibility index (Phi) is 5.46. The molecule has 2 amide bonds. The zero-order valence-corrected chi connectivity index (χ0v) is 13.6. The smallest absolute Gasteiger partial charge is 0.314 e. The minimum Gasteiger partial charge on any atom is -0.341 e. The van der Waals surface area contributed by atoms with Crippen molar-refractivity contribution < 1.29 is 9.59 Å². The molecule has 1 aromatic heterocycles. The maximum Gasteiger partial charge on any atom is 0.314 e. The van der Waals surface area contributed by atoms with Crippen molar-refractivity contribution in [3.63, 3.8) is 0 Å². The zero-order valence-electron chi connectivity index (χ0n) is 13.6. The second-order valence-electron chi connectivity index (χ2n) is 5.41. The Morgan fingerprint density at radius 2 is 1.83 bits per heavy atom. The first kappa shape index (κ1) is 16.7. The molecule has 1 unspecified atom stereocenters. The summed E-state index contributed by atoms with van der Waals surface area (Å²) in [6.45, 7) is 5.75. The summed E-state index contributed by atoms with van der Waals surface area (Å²) in [5.41, 5.74) is 2.99. The molecule has 5 heteroatoms. The molecule has 2 aromatic rings. The van der Waals surface area contributed by atoms with Crippen LogP contribution in [0, 0.1) is 6.92 Å². The topological polar surface area (TPSA) is 71.1 Å². The van der Waals surface area contributed by atoms with Crippen molar-refractivity contribution in [3.8, 4) is 0 Å². The minimum absolute atomic E-state index is 0.246. The van der Waals surface area contributed by atoms with Crippen LogP contribution in [0.25, 0.3) is 0 Å². The van der Waals surface area contributed by atoms with Crippen molar-refractivity contribution in [2.24, 2.45) is 0 Å². The quantitative estimate of drug-likeness (QED) is 0.853. The number of nitrogens with zero attached hydrogens (tertiary/aromatic N) is 1. The summed E-state index contributed by atoms with van der Waals surface area (Å²) in [7, 11) is 0. The van der Waals surface area contributed by atoms with Crippen molar-refractivity contribution in [2.75, 3.05) is 5.32 Å². The number of pyridine rings is 1. The third kappa shape index (κ3) is 4.39. The molecular weight excluding hydrogens is 290 g/mol. The van der Waals surface area contributed by atoms with Crippen LogP contribution in [0.2, 0.25) is 0 Å². The highest BCUT2D eigenvalue weighted by Gasteiger charge is 2.18. The number of nitrogens with one attached hydrogen (secondary N) is 2. The summed E-state index contributed by atoms with van der Waals surface area (Å²) >= 11 is 0. The molecule has 23 heavy (non-hydrogen) atoms. The molecule has 2 rings (SSSR count). The van der Waals surface area contributed by atoms with Crippen LogP contribution < -0.4 is 10.6 Å². The summed E-state index contributed by atoms with van der Waals surface area (Å²) in [4.78, 5) is 28.0. The highest BCUT2D eigenvalue weighted by atomic mass is 16.2. The third-order valence-electron chi connectivity index (χ3n) is 3.68. The van der Waals surface area contributed by atoms with Crippen LogP contribution in [0.15, 0.2) is 42.6 Å². The first-order chi connectivity index (χ1) is 11.0. The van der Waals surface area contributed by atoms with Gasteiger partial charge in [-0.2, -0.15) is 0 Å². The second-order valence-corrected chi connectivity index (χ2v) is 5.41. The molecular formula is C18H21N3O2. The van der Waals surface area contributed by atoms with E-state index in [9.17, 15) is 9.59 Å². The largest absolute Gasteiger partial charge is 0.341 e. The summed E-state index contributed by atoms with van der Waals surface area (Å²) in [6.07, 6.45) is 2.53. The van der Waals surface area contributed by atoms with Gasteiger partial charge in [0, 0.05) is 6.20 Å². The zero-order chi connectivity index (χ0) is 16.8. The summed E-state index contributed by atoms with van der Waals surface area (Å²) in [6, 6.07) is 11.3. The van der Waals surface area contributed by atoms with Gasteiger partial charge < -0.3 is 10.6 Å². The molecule has 0 spiro atoms. The second kappa shape index (κ2) is 7.54. The molecule has 0 aliphatic carbocycles. The fourth-order valence-corrected chi connectivity index (χ4v) is 2.17. The number of rotatable bonds is 4. The number of carbonyl (C=O) groups excluding carboxylic acids is 2. The van der Waals surface area contributed by atoms with E-state index in [1.54, 1.807) is 12.3 Å². The average molecular weight is 311 g/mol. The number of anilines is 1. The molecule has 0 aliphatic rings. The Bertz CT molecular complexity index is 696. The van der Waals surface area contributed by atoms with Gasteiger partial charge in [-0.25, -0.2) is 4.98 Å². The molecule has 0 saturated carbocycles. The van der Waals surface area contributed by atoms with Crippen LogP contribution in [0.5, 0.6) is 0 Å². The van der Waals surface area contributed by atoms with E-state index in [4.69, 9.17) is 0 Å². The van der Waals surface area contributed by atoms with Crippen LogP contribution in [0.1, 0.15) is 36.6 Å². The van der Waals surface area contributed by atoms with Crippen LogP contribution in [-0.2, 0) is 16.0 Å². The first-order valence-electron chi connectivity index (χ1n) is 7.63. The highest BCUT2D eigenvalue weighted by Crippen LogP contribution is 2.14. The van der Waals surface area contributed by atoms with Crippen LogP contribution in [0.3, 0.4) is 0 Å². The molecule has 0 fully saturated rings. The number of aryl methyl sites for hydroxylation is 2. The molecule has 1 heterocycles. The Balaban J connectivity index is 1.97. The van der Waals surface area contributed by atoms with Gasteiger partial charge >= 0.3 is 11.8 Å². The number of aromatic nitrogens is 1. The standard InChI is InChI=1S/C18H21N3O2/c1-4-14-7-9-15(10-8-14)13(3)20-17(22)18(23)21-16-12(2)6-5-11-19-16/h5-11,13H,4H2,1-3H3,(H,20,22)(H,19,21,23). The van der Waals surface area contributed by atoms with Gasteiger partial charge in [0.1, 0.15) is 5.82 Å². The first-order valence-corrected chi connectivity index (χ1v) is 7.63. The summed E-state index contributed by atoms with van der Waals surface area (Å²) in [5, 5.41) is 5.22. The van der Waals surface area contributed by atoms with E-state index in [2.05, 4.69) is 22.5 Å². The number of hydrogen-bond donors (Lipinski definition) is 2.